The molecule has 0 fully saturated rings. The van der Waals surface area contributed by atoms with E-state index in [2.05, 4.69) is 21.1 Å². The van der Waals surface area contributed by atoms with Gasteiger partial charge in [-0.1, -0.05) is 26.0 Å². The van der Waals surface area contributed by atoms with Crippen molar-refractivity contribution in [2.45, 2.75) is 26.2 Å². The van der Waals surface area contributed by atoms with Crippen LogP contribution in [0.3, 0.4) is 0 Å². The van der Waals surface area contributed by atoms with E-state index in [4.69, 9.17) is 5.26 Å². The highest BCUT2D eigenvalue weighted by atomic mass is 16.5. The summed E-state index contributed by atoms with van der Waals surface area (Å²) in [5, 5.41) is 17.1. The first-order chi connectivity index (χ1) is 9.88. The minimum Gasteiger partial charge on any atom is -0.465 e. The molecule has 0 amide bonds. The number of esters is 1. The standard InChI is InChI=1S/C15H16N4O2/c1-15(2,3)13-12(9-16)17-18-19(13)11-7-5-10(6-8-11)14(20)21-4/h5-8H,1-4H3. The second-order valence-corrected chi connectivity index (χ2v) is 5.60. The third-order valence-corrected chi connectivity index (χ3v) is 3.02. The molecular weight excluding hydrogens is 268 g/mol. The highest BCUT2D eigenvalue weighted by molar-refractivity contribution is 5.89. The minimum absolute atomic E-state index is 0.282. The van der Waals surface area contributed by atoms with Gasteiger partial charge in [0.1, 0.15) is 6.07 Å². The van der Waals surface area contributed by atoms with Gasteiger partial charge in [0.15, 0.2) is 5.69 Å². The summed E-state index contributed by atoms with van der Waals surface area (Å²) in [5.74, 6) is -0.395. The minimum atomic E-state index is -0.395. The fourth-order valence-corrected chi connectivity index (χ4v) is 2.07. The zero-order chi connectivity index (χ0) is 15.6. The molecule has 2 rings (SSSR count). The predicted octanol–water partition coefficient (Wildman–Crippen LogP) is 2.22. The maximum absolute atomic E-state index is 11.4. The number of hydrogen-bond acceptors (Lipinski definition) is 5. The van der Waals surface area contributed by atoms with Crippen LogP contribution in [0.4, 0.5) is 0 Å². The maximum atomic E-state index is 11.4. The summed E-state index contributed by atoms with van der Waals surface area (Å²) in [5.41, 5.74) is 1.95. The molecule has 6 heteroatoms. The van der Waals surface area contributed by atoms with Gasteiger partial charge in [0.25, 0.3) is 0 Å². The number of hydrogen-bond donors (Lipinski definition) is 0. The zero-order valence-electron chi connectivity index (χ0n) is 12.4. The Bertz CT molecular complexity index is 703. The van der Waals surface area contributed by atoms with Crippen molar-refractivity contribution in [3.05, 3.63) is 41.2 Å². The third-order valence-electron chi connectivity index (χ3n) is 3.02. The molecule has 21 heavy (non-hydrogen) atoms. The van der Waals surface area contributed by atoms with E-state index in [-0.39, 0.29) is 5.41 Å². The molecule has 0 N–H and O–H groups in total. The second-order valence-electron chi connectivity index (χ2n) is 5.60. The van der Waals surface area contributed by atoms with Gasteiger partial charge in [-0.15, -0.1) is 5.10 Å². The maximum Gasteiger partial charge on any atom is 0.337 e. The largest absolute Gasteiger partial charge is 0.465 e. The van der Waals surface area contributed by atoms with Crippen molar-refractivity contribution in [1.29, 1.82) is 5.26 Å². The summed E-state index contributed by atoms with van der Waals surface area (Å²) in [6, 6.07) is 8.87. The molecule has 0 aliphatic carbocycles. The first kappa shape index (κ1) is 14.7. The van der Waals surface area contributed by atoms with Gasteiger partial charge in [-0.05, 0) is 24.3 Å². The van der Waals surface area contributed by atoms with Gasteiger partial charge in [-0.3, -0.25) is 0 Å². The number of carbonyl (C=O) groups excluding carboxylic acids is 1. The highest BCUT2D eigenvalue weighted by Gasteiger charge is 2.26. The van der Waals surface area contributed by atoms with E-state index >= 15 is 0 Å². The lowest BCUT2D eigenvalue weighted by molar-refractivity contribution is 0.0600. The predicted molar refractivity (Wildman–Crippen MR) is 76.1 cm³/mol. The first-order valence-corrected chi connectivity index (χ1v) is 6.43. The Morgan fingerprint density at radius 1 is 1.29 bits per heavy atom. The normalized spacial score (nSPS) is 11.0. The number of carbonyl (C=O) groups is 1. The number of benzene rings is 1. The van der Waals surface area contributed by atoms with Crippen molar-refractivity contribution in [1.82, 2.24) is 15.0 Å². The van der Waals surface area contributed by atoms with E-state index in [1.807, 2.05) is 20.8 Å². The molecule has 0 spiro atoms. The van der Waals surface area contributed by atoms with E-state index in [1.54, 1.807) is 28.9 Å². The number of nitrogens with zero attached hydrogens (tertiary/aromatic N) is 4. The highest BCUT2D eigenvalue weighted by Crippen LogP contribution is 2.26. The van der Waals surface area contributed by atoms with Crippen LogP contribution < -0.4 is 0 Å². The molecule has 6 nitrogen and oxygen atoms in total. The van der Waals surface area contributed by atoms with Crippen LogP contribution in [0.2, 0.25) is 0 Å². The molecule has 0 atom stereocenters. The fraction of sp³-hybridized carbons (Fsp3) is 0.333. The van der Waals surface area contributed by atoms with Gasteiger partial charge in [0, 0.05) is 5.41 Å². The molecule has 0 aliphatic heterocycles. The second kappa shape index (κ2) is 5.37. The van der Waals surface area contributed by atoms with Gasteiger partial charge in [0.2, 0.25) is 0 Å². The SMILES string of the molecule is COC(=O)c1ccc(-n2nnc(C#N)c2C(C)(C)C)cc1. The van der Waals surface area contributed by atoms with E-state index in [1.165, 1.54) is 7.11 Å². The first-order valence-electron chi connectivity index (χ1n) is 6.43. The third kappa shape index (κ3) is 2.77. The van der Waals surface area contributed by atoms with Gasteiger partial charge in [-0.25, -0.2) is 9.48 Å². The zero-order valence-corrected chi connectivity index (χ0v) is 12.4. The number of methoxy groups -OCH3 is 1. The summed E-state index contributed by atoms with van der Waals surface area (Å²) in [4.78, 5) is 11.4. The Balaban J connectivity index is 2.51. The smallest absolute Gasteiger partial charge is 0.337 e. The van der Waals surface area contributed by atoms with Gasteiger partial charge >= 0.3 is 5.97 Å². The average molecular weight is 284 g/mol. The summed E-state index contributed by atoms with van der Waals surface area (Å²) < 4.78 is 6.29. The lowest BCUT2D eigenvalue weighted by Crippen LogP contribution is -2.19. The monoisotopic (exact) mass is 284 g/mol. The molecule has 0 bridgehead atoms. The fourth-order valence-electron chi connectivity index (χ4n) is 2.07. The average Bonchev–Trinajstić information content (AvgIpc) is 2.90. The number of aromatic nitrogens is 3. The van der Waals surface area contributed by atoms with Crippen molar-refractivity contribution in [2.75, 3.05) is 7.11 Å². The molecule has 0 saturated carbocycles. The van der Waals surface area contributed by atoms with Crippen LogP contribution in [-0.2, 0) is 10.2 Å². The lowest BCUT2D eigenvalue weighted by atomic mass is 9.90. The van der Waals surface area contributed by atoms with E-state index < -0.39 is 5.97 Å². The van der Waals surface area contributed by atoms with Crippen LogP contribution in [0.1, 0.15) is 42.5 Å². The topological polar surface area (TPSA) is 80.8 Å². The van der Waals surface area contributed by atoms with Crippen molar-refractivity contribution in [3.8, 4) is 11.8 Å². The lowest BCUT2D eigenvalue weighted by Gasteiger charge is -2.19. The Labute approximate surface area is 123 Å². The summed E-state index contributed by atoms with van der Waals surface area (Å²) >= 11 is 0. The van der Waals surface area contributed by atoms with Crippen molar-refractivity contribution in [3.63, 3.8) is 0 Å². The summed E-state index contributed by atoms with van der Waals surface area (Å²) in [7, 11) is 1.34. The van der Waals surface area contributed by atoms with E-state index in [0.29, 0.717) is 11.3 Å². The van der Waals surface area contributed by atoms with Gasteiger partial charge < -0.3 is 4.74 Å². The quantitative estimate of drug-likeness (QED) is 0.790. The number of ether oxygens (including phenoxy) is 1. The van der Waals surface area contributed by atoms with Crippen LogP contribution >= 0.6 is 0 Å². The van der Waals surface area contributed by atoms with E-state index in [0.717, 1.165) is 11.4 Å². The van der Waals surface area contributed by atoms with Crippen LogP contribution in [0.25, 0.3) is 5.69 Å². The van der Waals surface area contributed by atoms with E-state index in [9.17, 15) is 4.79 Å². The van der Waals surface area contributed by atoms with Crippen LogP contribution in [0, 0.1) is 11.3 Å². The molecule has 0 radical (unpaired) electrons. The summed E-state index contributed by atoms with van der Waals surface area (Å²) in [6.07, 6.45) is 0. The van der Waals surface area contributed by atoms with Crippen LogP contribution in [-0.4, -0.2) is 28.1 Å². The molecule has 1 aromatic carbocycles. The molecule has 2 aromatic rings. The molecule has 0 aliphatic rings. The van der Waals surface area contributed by atoms with Gasteiger partial charge in [0.05, 0.1) is 24.1 Å². The molecule has 108 valence electrons. The van der Waals surface area contributed by atoms with Gasteiger partial charge in [-0.2, -0.15) is 5.26 Å². The Morgan fingerprint density at radius 3 is 2.38 bits per heavy atom. The number of rotatable bonds is 2. The number of nitriles is 1. The molecule has 0 saturated heterocycles. The molecule has 1 heterocycles. The van der Waals surface area contributed by atoms with Crippen molar-refractivity contribution >= 4 is 5.97 Å². The molecular formula is C15H16N4O2. The Hall–Kier alpha value is -2.68. The van der Waals surface area contributed by atoms with Crippen molar-refractivity contribution in [2.24, 2.45) is 0 Å². The van der Waals surface area contributed by atoms with Crippen LogP contribution in [0.15, 0.2) is 24.3 Å². The molecule has 0 unspecified atom stereocenters. The Kier molecular flexibility index (Phi) is 3.76. The molecule has 1 aromatic heterocycles. The van der Waals surface area contributed by atoms with Crippen molar-refractivity contribution < 1.29 is 9.53 Å². The summed E-state index contributed by atoms with van der Waals surface area (Å²) in [6.45, 7) is 5.98. The Morgan fingerprint density at radius 2 is 1.90 bits per heavy atom. The van der Waals surface area contributed by atoms with Crippen LogP contribution in [0.5, 0.6) is 0 Å².